The highest BCUT2D eigenvalue weighted by molar-refractivity contribution is 7.94. The summed E-state index contributed by atoms with van der Waals surface area (Å²) < 4.78 is 27.9. The first-order valence-electron chi connectivity index (χ1n) is 8.56. The number of carbonyl (C=O) groups excluding carboxylic acids is 1. The normalized spacial score (nSPS) is 13.3. The van der Waals surface area contributed by atoms with E-state index in [0.29, 0.717) is 5.69 Å². The van der Waals surface area contributed by atoms with Crippen molar-refractivity contribution in [2.24, 2.45) is 5.92 Å². The quantitative estimate of drug-likeness (QED) is 0.638. The van der Waals surface area contributed by atoms with Crippen molar-refractivity contribution >= 4 is 48.9 Å². The lowest BCUT2D eigenvalue weighted by atomic mass is 10.0. The zero-order chi connectivity index (χ0) is 19.2. The van der Waals surface area contributed by atoms with Gasteiger partial charge in [0.1, 0.15) is 0 Å². The molecule has 0 bridgehead atoms. The van der Waals surface area contributed by atoms with Crippen LogP contribution in [0.1, 0.15) is 25.0 Å². The number of hydrogen-bond acceptors (Lipinski definition) is 6. The maximum Gasteiger partial charge on any atom is 0.291 e. The maximum atomic E-state index is 12.7. The van der Waals surface area contributed by atoms with Crippen molar-refractivity contribution < 1.29 is 13.2 Å². The molecule has 1 aliphatic rings. The van der Waals surface area contributed by atoms with Gasteiger partial charge in [-0.3, -0.25) is 9.52 Å². The van der Waals surface area contributed by atoms with Crippen LogP contribution in [0.15, 0.2) is 34.7 Å². The zero-order valence-electron chi connectivity index (χ0n) is 14.8. The Bertz CT molecular complexity index is 1140. The summed E-state index contributed by atoms with van der Waals surface area (Å²) in [5.41, 5.74) is 2.98. The average molecular weight is 403 g/mol. The Hall–Kier alpha value is -2.52. The first-order valence-corrected chi connectivity index (χ1v) is 10.9. The fourth-order valence-corrected chi connectivity index (χ4v) is 5.13. The third kappa shape index (κ3) is 3.28. The third-order valence-electron chi connectivity index (χ3n) is 4.51. The number of nitrogens with zero attached hydrogens (tertiary/aromatic N) is 2. The van der Waals surface area contributed by atoms with Gasteiger partial charge in [-0.15, -0.1) is 10.2 Å². The van der Waals surface area contributed by atoms with Crippen LogP contribution >= 0.6 is 11.3 Å². The number of hydrogen-bond donors (Lipinski definition) is 2. The molecular weight excluding hydrogens is 384 g/mol. The summed E-state index contributed by atoms with van der Waals surface area (Å²) >= 11 is 0.824. The van der Waals surface area contributed by atoms with Crippen molar-refractivity contribution in [3.63, 3.8) is 0 Å². The topological polar surface area (TPSA) is 101 Å². The molecular formula is C18H18N4O3S2. The SMILES string of the molecule is CC(C)C(=O)Nc1nnc(S(=O)(=O)Nc2ccc3c4c(cccc24)CC3)s1. The molecule has 0 saturated carbocycles. The van der Waals surface area contributed by atoms with Gasteiger partial charge >= 0.3 is 0 Å². The summed E-state index contributed by atoms with van der Waals surface area (Å²) in [5, 5.41) is 12.2. The van der Waals surface area contributed by atoms with Crippen LogP contribution in [0.4, 0.5) is 10.8 Å². The van der Waals surface area contributed by atoms with Crippen molar-refractivity contribution in [3.8, 4) is 0 Å². The van der Waals surface area contributed by atoms with E-state index in [-0.39, 0.29) is 21.3 Å². The molecule has 3 aromatic rings. The van der Waals surface area contributed by atoms with Gasteiger partial charge in [0.2, 0.25) is 11.0 Å². The van der Waals surface area contributed by atoms with Crippen LogP contribution in [0.5, 0.6) is 0 Å². The lowest BCUT2D eigenvalue weighted by molar-refractivity contribution is -0.118. The molecule has 0 unspecified atom stereocenters. The van der Waals surface area contributed by atoms with Crippen LogP contribution in [0.2, 0.25) is 0 Å². The van der Waals surface area contributed by atoms with E-state index in [1.807, 2.05) is 18.2 Å². The molecule has 4 rings (SSSR count). The van der Waals surface area contributed by atoms with Gasteiger partial charge in [0.25, 0.3) is 14.4 Å². The third-order valence-corrected chi connectivity index (χ3v) is 7.08. The van der Waals surface area contributed by atoms with Gasteiger partial charge in [-0.2, -0.15) is 8.42 Å². The van der Waals surface area contributed by atoms with E-state index in [4.69, 9.17) is 0 Å². The number of amides is 1. The van der Waals surface area contributed by atoms with E-state index in [1.54, 1.807) is 19.9 Å². The van der Waals surface area contributed by atoms with Crippen LogP contribution in [-0.2, 0) is 27.7 Å². The average Bonchev–Trinajstić information content (AvgIpc) is 3.26. The zero-order valence-corrected chi connectivity index (χ0v) is 16.4. The highest BCUT2D eigenvalue weighted by Crippen LogP contribution is 2.36. The number of rotatable bonds is 5. The van der Waals surface area contributed by atoms with Crippen LogP contribution in [0, 0.1) is 5.92 Å². The smallest absolute Gasteiger partial charge is 0.291 e. The summed E-state index contributed by atoms with van der Waals surface area (Å²) in [5.74, 6) is -0.476. The Morgan fingerprint density at radius 2 is 1.85 bits per heavy atom. The highest BCUT2D eigenvalue weighted by atomic mass is 32.2. The lowest BCUT2D eigenvalue weighted by Crippen LogP contribution is -2.17. The fraction of sp³-hybridized carbons (Fsp3) is 0.278. The second-order valence-electron chi connectivity index (χ2n) is 6.73. The molecule has 1 aromatic heterocycles. The number of sulfonamides is 1. The molecule has 140 valence electrons. The van der Waals surface area contributed by atoms with Gasteiger partial charge in [0.05, 0.1) is 5.69 Å². The van der Waals surface area contributed by atoms with Crippen LogP contribution in [0.25, 0.3) is 10.8 Å². The number of aryl methyl sites for hydroxylation is 2. The number of anilines is 2. The first kappa shape index (κ1) is 17.9. The Kier molecular flexibility index (Phi) is 4.35. The summed E-state index contributed by atoms with van der Waals surface area (Å²) in [6.45, 7) is 3.48. The van der Waals surface area contributed by atoms with E-state index in [2.05, 4.69) is 26.3 Å². The Balaban J connectivity index is 1.64. The molecule has 0 spiro atoms. The molecule has 0 aliphatic heterocycles. The van der Waals surface area contributed by atoms with Gasteiger partial charge in [-0.1, -0.05) is 49.4 Å². The van der Waals surface area contributed by atoms with E-state index in [0.717, 1.165) is 35.0 Å². The molecule has 2 N–H and O–H groups in total. The molecule has 0 fully saturated rings. The number of nitrogens with one attached hydrogen (secondary N) is 2. The molecule has 1 amide bonds. The number of benzene rings is 2. The predicted octanol–water partition coefficient (Wildman–Crippen LogP) is 3.19. The summed E-state index contributed by atoms with van der Waals surface area (Å²) in [7, 11) is -3.90. The predicted molar refractivity (Wildman–Crippen MR) is 106 cm³/mol. The molecule has 0 saturated heterocycles. The molecule has 0 atom stereocenters. The molecule has 0 radical (unpaired) electrons. The lowest BCUT2D eigenvalue weighted by Gasteiger charge is -2.10. The Morgan fingerprint density at radius 3 is 2.59 bits per heavy atom. The van der Waals surface area contributed by atoms with Gasteiger partial charge in [-0.25, -0.2) is 0 Å². The van der Waals surface area contributed by atoms with Crippen molar-refractivity contribution in [1.29, 1.82) is 0 Å². The molecule has 9 heteroatoms. The van der Waals surface area contributed by atoms with Crippen molar-refractivity contribution in [1.82, 2.24) is 10.2 Å². The summed E-state index contributed by atoms with van der Waals surface area (Å²) in [6, 6.07) is 9.68. The second kappa shape index (κ2) is 6.58. The molecule has 27 heavy (non-hydrogen) atoms. The van der Waals surface area contributed by atoms with Crippen molar-refractivity contribution in [3.05, 3.63) is 41.5 Å². The monoisotopic (exact) mass is 402 g/mol. The minimum atomic E-state index is -3.90. The van der Waals surface area contributed by atoms with Crippen LogP contribution in [-0.4, -0.2) is 24.5 Å². The fourth-order valence-electron chi connectivity index (χ4n) is 3.14. The van der Waals surface area contributed by atoms with Crippen LogP contribution < -0.4 is 10.0 Å². The van der Waals surface area contributed by atoms with E-state index in [1.165, 1.54) is 11.1 Å². The standard InChI is InChI=1S/C18H18N4O3S2/c1-10(2)16(23)19-17-20-21-18(26-17)27(24,25)22-14-9-8-12-7-6-11-4-3-5-13(14)15(11)12/h3-5,8-10,22H,6-7H2,1-2H3,(H,19,20,23). The Morgan fingerprint density at radius 1 is 1.11 bits per heavy atom. The van der Waals surface area contributed by atoms with Gasteiger partial charge in [-0.05, 0) is 35.4 Å². The van der Waals surface area contributed by atoms with Gasteiger partial charge in [0.15, 0.2) is 0 Å². The minimum absolute atomic E-state index is 0.162. The molecule has 1 aliphatic carbocycles. The van der Waals surface area contributed by atoms with E-state index in [9.17, 15) is 13.2 Å². The molecule has 2 aromatic carbocycles. The van der Waals surface area contributed by atoms with Gasteiger partial charge < -0.3 is 5.32 Å². The highest BCUT2D eigenvalue weighted by Gasteiger charge is 2.24. The summed E-state index contributed by atoms with van der Waals surface area (Å²) in [4.78, 5) is 11.7. The van der Waals surface area contributed by atoms with Crippen LogP contribution in [0.3, 0.4) is 0 Å². The van der Waals surface area contributed by atoms with Gasteiger partial charge in [0, 0.05) is 11.3 Å². The van der Waals surface area contributed by atoms with E-state index < -0.39 is 10.0 Å². The summed E-state index contributed by atoms with van der Waals surface area (Å²) in [6.07, 6.45) is 1.94. The first-order chi connectivity index (χ1) is 12.8. The van der Waals surface area contributed by atoms with Crippen molar-refractivity contribution in [2.45, 2.75) is 31.0 Å². The van der Waals surface area contributed by atoms with Crippen molar-refractivity contribution in [2.75, 3.05) is 10.0 Å². The second-order valence-corrected chi connectivity index (χ2v) is 9.57. The maximum absolute atomic E-state index is 12.7. The number of aromatic nitrogens is 2. The number of carbonyl (C=O) groups is 1. The molecule has 1 heterocycles. The molecule has 7 nitrogen and oxygen atoms in total. The minimum Gasteiger partial charge on any atom is -0.300 e. The largest absolute Gasteiger partial charge is 0.300 e. The van der Waals surface area contributed by atoms with E-state index >= 15 is 0 Å². The Labute approximate surface area is 160 Å².